The fourth-order valence-corrected chi connectivity index (χ4v) is 12.4. The van der Waals surface area contributed by atoms with E-state index in [1.807, 2.05) is 14.1 Å². The Morgan fingerprint density at radius 2 is 1.15 bits per heavy atom. The zero-order valence-electron chi connectivity index (χ0n) is 43.8. The highest BCUT2D eigenvalue weighted by atomic mass is 35.5. The number of carbonyl (C=O) groups excluding carboxylic acids is 3. The Morgan fingerprint density at radius 3 is 1.65 bits per heavy atom. The fourth-order valence-electron chi connectivity index (χ4n) is 12.1. The van der Waals surface area contributed by atoms with Crippen LogP contribution in [0.4, 0.5) is 41.6 Å². The molecular weight excluding hydrogens is 1090 g/mol. The zero-order chi connectivity index (χ0) is 56.6. The Bertz CT molecular complexity index is 3830. The SMILES string of the molecule is CN1CCC(CN(C(=O)OCC(C2CCN(C)CC2)N(C(=O)O)c2nc3ccc(C4(O)c5ccccc5C(=O)N4c4cccc(Cl)c4F)cc3[nH]2)c2nc3ccc(C4(O)c5ccccc5C(=O)N4c4cccc(Cl)c4F)cc3[nH]2)CC1. The molecule has 0 radical (unpaired) electrons. The Morgan fingerprint density at radius 1 is 0.679 bits per heavy atom. The highest BCUT2D eigenvalue weighted by Crippen LogP contribution is 2.49. The number of carboxylic acid groups (broad SMARTS) is 1. The standard InChI is InChI=1S/C59H54Cl2F2N10O8/c1-68-25-21-33(22-26-68)31-70(54-64-43-19-17-35(29-45(43)66-54)58(79)39-11-5-3-9-37(39)52(74)72(58)47-15-7-13-41(60)50(47)62)57(78)81-32-49(34-23-27-69(2)28-24-34)71(56(76)77)55-65-44-20-18-36(30-46(44)67-55)59(80)40-12-6-4-10-38(40)53(75)73(59)48-16-8-14-42(61)51(48)63/h3-20,29-30,33-34,49,79-80H,21-28,31-32H2,1-2H3,(H,64,66)(H,65,67)(H,76,77). The van der Waals surface area contributed by atoms with Gasteiger partial charge in [0, 0.05) is 39.9 Å². The molecule has 2 saturated heterocycles. The first-order valence-corrected chi connectivity index (χ1v) is 27.3. The van der Waals surface area contributed by atoms with Gasteiger partial charge in [-0.2, -0.15) is 0 Å². The topological polar surface area (TPSA) is 215 Å². The molecule has 416 valence electrons. The minimum absolute atomic E-state index is 0.0199. The molecule has 8 aromatic rings. The lowest BCUT2D eigenvalue weighted by atomic mass is 9.89. The summed E-state index contributed by atoms with van der Waals surface area (Å²) in [6, 6.07) is 29.7. The van der Waals surface area contributed by atoms with Crippen molar-refractivity contribution >= 4 is 92.5 Å². The maximum Gasteiger partial charge on any atom is 0.416 e. The third-order valence-corrected chi connectivity index (χ3v) is 17.0. The van der Waals surface area contributed by atoms with E-state index in [-0.39, 0.29) is 90.6 Å². The number of hydrogen-bond acceptors (Lipinski definition) is 11. The average molecular weight is 1140 g/mol. The summed E-state index contributed by atoms with van der Waals surface area (Å²) < 4.78 is 37.9. The van der Waals surface area contributed by atoms with E-state index in [9.17, 15) is 34.5 Å². The first kappa shape index (κ1) is 53.7. The van der Waals surface area contributed by atoms with Gasteiger partial charge in [0.2, 0.25) is 11.9 Å². The molecule has 4 aliphatic heterocycles. The molecule has 22 heteroatoms. The molecule has 3 atom stereocenters. The van der Waals surface area contributed by atoms with E-state index >= 15 is 8.78 Å². The molecule has 81 heavy (non-hydrogen) atoms. The van der Waals surface area contributed by atoms with Gasteiger partial charge in [-0.3, -0.25) is 19.4 Å². The van der Waals surface area contributed by atoms with Crippen LogP contribution in [0.25, 0.3) is 22.1 Å². The summed E-state index contributed by atoms with van der Waals surface area (Å²) >= 11 is 12.4. The van der Waals surface area contributed by atoms with E-state index in [4.69, 9.17) is 37.9 Å². The number of anilines is 4. The van der Waals surface area contributed by atoms with E-state index in [2.05, 4.69) is 19.8 Å². The molecule has 4 aliphatic rings. The maximum absolute atomic E-state index is 15.8. The number of H-pyrrole nitrogens is 2. The van der Waals surface area contributed by atoms with Gasteiger partial charge in [0.05, 0.1) is 49.5 Å². The molecule has 2 aromatic heterocycles. The molecule has 0 aliphatic carbocycles. The Labute approximate surface area is 472 Å². The monoisotopic (exact) mass is 1140 g/mol. The minimum atomic E-state index is -2.25. The van der Waals surface area contributed by atoms with Crippen LogP contribution < -0.4 is 19.6 Å². The fraction of sp³-hybridized carbons (Fsp3) is 0.288. The Balaban J connectivity index is 0.880. The molecule has 12 rings (SSSR count). The zero-order valence-corrected chi connectivity index (χ0v) is 45.3. The number of imidazole rings is 2. The summed E-state index contributed by atoms with van der Waals surface area (Å²) in [5.74, 6) is -3.40. The lowest BCUT2D eigenvalue weighted by Crippen LogP contribution is -2.51. The molecule has 0 saturated carbocycles. The maximum atomic E-state index is 15.8. The Hall–Kier alpha value is -7.98. The van der Waals surface area contributed by atoms with Crippen molar-refractivity contribution in [2.45, 2.75) is 43.2 Å². The summed E-state index contributed by atoms with van der Waals surface area (Å²) in [5, 5.41) is 36.3. The van der Waals surface area contributed by atoms with Gasteiger partial charge in [-0.25, -0.2) is 38.1 Å². The van der Waals surface area contributed by atoms with Crippen molar-refractivity contribution in [3.63, 3.8) is 0 Å². The quantitative estimate of drug-likeness (QED) is 0.0773. The third-order valence-electron chi connectivity index (χ3n) is 16.4. The number of halogens is 4. The number of nitrogens with zero attached hydrogens (tertiary/aromatic N) is 8. The molecule has 0 spiro atoms. The van der Waals surface area contributed by atoms with Crippen molar-refractivity contribution in [3.8, 4) is 0 Å². The van der Waals surface area contributed by atoms with Crippen LogP contribution in [0, 0.1) is 23.5 Å². The number of rotatable bonds is 12. The number of amides is 4. The van der Waals surface area contributed by atoms with Gasteiger partial charge in [0.15, 0.2) is 23.1 Å². The summed E-state index contributed by atoms with van der Waals surface area (Å²) in [4.78, 5) is 81.5. The number of ether oxygens (including phenoxy) is 1. The van der Waals surface area contributed by atoms with Crippen LogP contribution in [0.1, 0.15) is 68.7 Å². The lowest BCUT2D eigenvalue weighted by molar-refractivity contribution is 0.0689. The van der Waals surface area contributed by atoms with Crippen molar-refractivity contribution < 1.29 is 48.0 Å². The van der Waals surface area contributed by atoms with Gasteiger partial charge in [0.1, 0.15) is 6.61 Å². The largest absolute Gasteiger partial charge is 0.465 e. The van der Waals surface area contributed by atoms with Gasteiger partial charge < -0.3 is 39.8 Å². The van der Waals surface area contributed by atoms with E-state index < -0.39 is 59.7 Å². The van der Waals surface area contributed by atoms with Crippen LogP contribution in [0.3, 0.4) is 0 Å². The molecule has 3 unspecified atom stereocenters. The lowest BCUT2D eigenvalue weighted by Gasteiger charge is -2.38. The van der Waals surface area contributed by atoms with Crippen molar-refractivity contribution in [3.05, 3.63) is 176 Å². The number of aliphatic hydroxyl groups is 2. The second-order valence-electron chi connectivity index (χ2n) is 21.2. The molecule has 5 N–H and O–H groups in total. The first-order chi connectivity index (χ1) is 38.9. The van der Waals surface area contributed by atoms with Crippen molar-refractivity contribution in [2.24, 2.45) is 11.8 Å². The predicted molar refractivity (Wildman–Crippen MR) is 301 cm³/mol. The number of carbonyl (C=O) groups is 4. The smallest absolute Gasteiger partial charge is 0.416 e. The van der Waals surface area contributed by atoms with E-state index in [0.717, 1.165) is 40.6 Å². The van der Waals surface area contributed by atoms with Crippen LogP contribution in [0.2, 0.25) is 10.0 Å². The van der Waals surface area contributed by atoms with Gasteiger partial charge in [-0.05, 0) is 138 Å². The Kier molecular flexibility index (Phi) is 13.8. The van der Waals surface area contributed by atoms with Crippen molar-refractivity contribution in [1.82, 2.24) is 29.7 Å². The number of fused-ring (bicyclic) bond motifs is 4. The van der Waals surface area contributed by atoms with Gasteiger partial charge >= 0.3 is 12.2 Å². The van der Waals surface area contributed by atoms with Gasteiger partial charge in [-0.15, -0.1) is 0 Å². The second-order valence-corrected chi connectivity index (χ2v) is 22.1. The predicted octanol–water partition coefficient (Wildman–Crippen LogP) is 9.91. The molecule has 18 nitrogen and oxygen atoms in total. The van der Waals surface area contributed by atoms with Crippen LogP contribution in [0.5, 0.6) is 0 Å². The summed E-state index contributed by atoms with van der Waals surface area (Å²) in [5.41, 5.74) is -2.57. The van der Waals surface area contributed by atoms with Crippen LogP contribution in [0.15, 0.2) is 121 Å². The van der Waals surface area contributed by atoms with Crippen molar-refractivity contribution in [2.75, 3.05) is 73.0 Å². The number of hydrogen-bond donors (Lipinski definition) is 5. The van der Waals surface area contributed by atoms with Gasteiger partial charge in [0.25, 0.3) is 11.8 Å². The van der Waals surface area contributed by atoms with Crippen LogP contribution >= 0.6 is 23.2 Å². The number of piperidine rings is 2. The molecule has 2 fully saturated rings. The molecule has 0 bridgehead atoms. The minimum Gasteiger partial charge on any atom is -0.465 e. The van der Waals surface area contributed by atoms with E-state index in [1.54, 1.807) is 66.7 Å². The number of aromatic amines is 2. The summed E-state index contributed by atoms with van der Waals surface area (Å²) in [6.07, 6.45) is 0.441. The number of likely N-dealkylation sites (tertiary alicyclic amines) is 2. The van der Waals surface area contributed by atoms with Crippen LogP contribution in [-0.4, -0.2) is 129 Å². The van der Waals surface area contributed by atoms with Crippen molar-refractivity contribution in [1.29, 1.82) is 0 Å². The molecule has 4 amide bonds. The highest BCUT2D eigenvalue weighted by molar-refractivity contribution is 6.31. The highest BCUT2D eigenvalue weighted by Gasteiger charge is 2.53. The molecule has 6 aromatic carbocycles. The van der Waals surface area contributed by atoms with E-state index in [0.29, 0.717) is 42.5 Å². The summed E-state index contributed by atoms with van der Waals surface area (Å²) in [7, 11) is 4.00. The second kappa shape index (κ2) is 20.8. The molecule has 6 heterocycles. The van der Waals surface area contributed by atoms with E-state index in [1.165, 1.54) is 59.5 Å². The normalized spacial score (nSPS) is 20.3. The number of aromatic nitrogens is 4. The number of nitrogens with one attached hydrogen (secondary N) is 2. The average Bonchev–Trinajstić information content (AvgIpc) is 3.28. The van der Waals surface area contributed by atoms with Crippen LogP contribution in [-0.2, 0) is 16.2 Å². The number of benzene rings is 6. The van der Waals surface area contributed by atoms with Gasteiger partial charge in [-0.1, -0.05) is 83.9 Å². The molecular formula is C59H54Cl2F2N10O8. The first-order valence-electron chi connectivity index (χ1n) is 26.5. The summed E-state index contributed by atoms with van der Waals surface area (Å²) in [6.45, 7) is 2.63. The third kappa shape index (κ3) is 9.10.